The van der Waals surface area contributed by atoms with E-state index in [1.807, 2.05) is 30.0 Å². The normalized spacial score (nSPS) is 15.0. The standard InChI is InChI=1S/C18H23ClN6O/c1-13-3-4-21-17(22-13)23-16-10-14(9-15(19)11-16)12-24-5-7-25(8-6-24)18(26)20-2/h3-4,9-11H,5-8,12H2,1-2H3,(H,20,26)(H,21,22,23). The van der Waals surface area contributed by atoms with E-state index in [1.165, 1.54) is 0 Å². The highest BCUT2D eigenvalue weighted by atomic mass is 35.5. The van der Waals surface area contributed by atoms with E-state index in [9.17, 15) is 4.79 Å². The molecule has 2 N–H and O–H groups in total. The summed E-state index contributed by atoms with van der Waals surface area (Å²) in [6, 6.07) is 7.72. The van der Waals surface area contributed by atoms with E-state index in [2.05, 4.69) is 31.6 Å². The van der Waals surface area contributed by atoms with Gasteiger partial charge in [0.25, 0.3) is 0 Å². The molecule has 7 nitrogen and oxygen atoms in total. The Bertz CT molecular complexity index is 776. The first kappa shape index (κ1) is 18.4. The van der Waals surface area contributed by atoms with Crippen molar-refractivity contribution < 1.29 is 4.79 Å². The van der Waals surface area contributed by atoms with Crippen LogP contribution >= 0.6 is 11.6 Å². The van der Waals surface area contributed by atoms with Crippen LogP contribution in [0.25, 0.3) is 0 Å². The fourth-order valence-electron chi connectivity index (χ4n) is 2.98. The van der Waals surface area contributed by atoms with Crippen LogP contribution in [-0.4, -0.2) is 59.0 Å². The van der Waals surface area contributed by atoms with Crippen molar-refractivity contribution in [2.75, 3.05) is 38.5 Å². The van der Waals surface area contributed by atoms with Crippen molar-refractivity contribution in [3.8, 4) is 0 Å². The van der Waals surface area contributed by atoms with Crippen LogP contribution in [0.1, 0.15) is 11.3 Å². The van der Waals surface area contributed by atoms with Crippen molar-refractivity contribution in [3.05, 3.63) is 46.7 Å². The number of benzene rings is 1. The average Bonchev–Trinajstić information content (AvgIpc) is 2.61. The van der Waals surface area contributed by atoms with Gasteiger partial charge in [0.1, 0.15) is 0 Å². The van der Waals surface area contributed by atoms with E-state index in [1.54, 1.807) is 13.2 Å². The van der Waals surface area contributed by atoms with Crippen LogP contribution in [0.2, 0.25) is 5.02 Å². The zero-order chi connectivity index (χ0) is 18.5. The van der Waals surface area contributed by atoms with Crippen LogP contribution in [0.3, 0.4) is 0 Å². The average molecular weight is 375 g/mol. The van der Waals surface area contributed by atoms with E-state index in [0.29, 0.717) is 11.0 Å². The predicted molar refractivity (Wildman–Crippen MR) is 103 cm³/mol. The molecule has 0 atom stereocenters. The highest BCUT2D eigenvalue weighted by Gasteiger charge is 2.20. The van der Waals surface area contributed by atoms with E-state index in [0.717, 1.165) is 49.7 Å². The first-order valence-corrected chi connectivity index (χ1v) is 8.96. The van der Waals surface area contributed by atoms with Gasteiger partial charge >= 0.3 is 6.03 Å². The lowest BCUT2D eigenvalue weighted by molar-refractivity contribution is 0.136. The maximum absolute atomic E-state index is 11.7. The number of carbonyl (C=O) groups is 1. The Morgan fingerprint density at radius 3 is 2.69 bits per heavy atom. The Labute approximate surface area is 158 Å². The monoisotopic (exact) mass is 374 g/mol. The molecule has 8 heteroatoms. The molecule has 2 amide bonds. The number of amides is 2. The number of rotatable bonds is 4. The topological polar surface area (TPSA) is 73.4 Å². The van der Waals surface area contributed by atoms with Crippen LogP contribution in [0.15, 0.2) is 30.5 Å². The third kappa shape index (κ3) is 4.83. The SMILES string of the molecule is CNC(=O)N1CCN(Cc2cc(Cl)cc(Nc3nccc(C)n3)c2)CC1. The molecule has 1 aliphatic rings. The number of carbonyl (C=O) groups excluding carboxylic acids is 1. The summed E-state index contributed by atoms with van der Waals surface area (Å²) in [4.78, 5) is 24.4. The van der Waals surface area contributed by atoms with Gasteiger partial charge in [0.05, 0.1) is 0 Å². The summed E-state index contributed by atoms with van der Waals surface area (Å²) in [7, 11) is 1.66. The van der Waals surface area contributed by atoms with E-state index < -0.39 is 0 Å². The summed E-state index contributed by atoms with van der Waals surface area (Å²) in [5.74, 6) is 0.553. The van der Waals surface area contributed by atoms with Gasteiger partial charge in [0, 0.05) is 62.4 Å². The molecule has 1 fully saturated rings. The van der Waals surface area contributed by atoms with Gasteiger partial charge in [-0.3, -0.25) is 4.90 Å². The largest absolute Gasteiger partial charge is 0.341 e. The molecule has 2 heterocycles. The second kappa shape index (κ2) is 8.33. The van der Waals surface area contributed by atoms with Crippen LogP contribution in [0, 0.1) is 6.92 Å². The minimum Gasteiger partial charge on any atom is -0.341 e. The molecular formula is C18H23ClN6O. The smallest absolute Gasteiger partial charge is 0.317 e. The molecule has 0 bridgehead atoms. The molecule has 0 spiro atoms. The van der Waals surface area contributed by atoms with E-state index >= 15 is 0 Å². The van der Waals surface area contributed by atoms with Gasteiger partial charge in [-0.25, -0.2) is 14.8 Å². The molecule has 26 heavy (non-hydrogen) atoms. The molecule has 0 aliphatic carbocycles. The van der Waals surface area contributed by atoms with Gasteiger partial charge in [-0.05, 0) is 36.8 Å². The van der Waals surface area contributed by atoms with Crippen LogP contribution in [0.4, 0.5) is 16.4 Å². The van der Waals surface area contributed by atoms with Gasteiger partial charge in [-0.2, -0.15) is 0 Å². The van der Waals surface area contributed by atoms with Crippen molar-refractivity contribution in [1.82, 2.24) is 25.1 Å². The van der Waals surface area contributed by atoms with Gasteiger partial charge in [-0.15, -0.1) is 0 Å². The number of piperazine rings is 1. The maximum atomic E-state index is 11.7. The van der Waals surface area contributed by atoms with Crippen molar-refractivity contribution in [2.45, 2.75) is 13.5 Å². The minimum atomic E-state index is -0.0166. The summed E-state index contributed by atoms with van der Waals surface area (Å²) < 4.78 is 0. The molecule has 3 rings (SSSR count). The molecule has 0 radical (unpaired) electrons. The van der Waals surface area contributed by atoms with Crippen molar-refractivity contribution in [3.63, 3.8) is 0 Å². The summed E-state index contributed by atoms with van der Waals surface area (Å²) in [5.41, 5.74) is 2.88. The first-order chi connectivity index (χ1) is 12.5. The third-order valence-corrected chi connectivity index (χ3v) is 4.51. The maximum Gasteiger partial charge on any atom is 0.317 e. The first-order valence-electron chi connectivity index (χ1n) is 8.58. The number of aromatic nitrogens is 2. The lowest BCUT2D eigenvalue weighted by Gasteiger charge is -2.34. The molecular weight excluding hydrogens is 352 g/mol. The van der Waals surface area contributed by atoms with Gasteiger partial charge in [0.2, 0.25) is 5.95 Å². The molecule has 0 saturated carbocycles. The number of aryl methyl sites for hydroxylation is 1. The van der Waals surface area contributed by atoms with Crippen LogP contribution in [0.5, 0.6) is 0 Å². The Balaban J connectivity index is 1.64. The van der Waals surface area contributed by atoms with Gasteiger partial charge in [-0.1, -0.05) is 11.6 Å². The summed E-state index contributed by atoms with van der Waals surface area (Å²) in [6.45, 7) is 5.83. The number of anilines is 2. The Morgan fingerprint density at radius 2 is 2.00 bits per heavy atom. The summed E-state index contributed by atoms with van der Waals surface area (Å²) in [6.07, 6.45) is 1.72. The third-order valence-electron chi connectivity index (χ3n) is 4.29. The fourth-order valence-corrected chi connectivity index (χ4v) is 3.24. The highest BCUT2D eigenvalue weighted by molar-refractivity contribution is 6.30. The van der Waals surface area contributed by atoms with Crippen molar-refractivity contribution in [1.29, 1.82) is 0 Å². The van der Waals surface area contributed by atoms with E-state index in [-0.39, 0.29) is 6.03 Å². The molecule has 0 unspecified atom stereocenters. The number of nitrogens with zero attached hydrogens (tertiary/aromatic N) is 4. The molecule has 1 aromatic carbocycles. The number of nitrogens with one attached hydrogen (secondary N) is 2. The Morgan fingerprint density at radius 1 is 1.23 bits per heavy atom. The summed E-state index contributed by atoms with van der Waals surface area (Å²) >= 11 is 6.29. The molecule has 138 valence electrons. The molecule has 2 aromatic rings. The predicted octanol–water partition coefficient (Wildman–Crippen LogP) is 2.64. The number of hydrogen-bond donors (Lipinski definition) is 2. The van der Waals surface area contributed by atoms with E-state index in [4.69, 9.17) is 11.6 Å². The quantitative estimate of drug-likeness (QED) is 0.860. The van der Waals surface area contributed by atoms with Crippen molar-refractivity contribution >= 4 is 29.3 Å². The number of hydrogen-bond acceptors (Lipinski definition) is 5. The van der Waals surface area contributed by atoms with Crippen LogP contribution < -0.4 is 10.6 Å². The zero-order valence-corrected chi connectivity index (χ0v) is 15.8. The molecule has 1 saturated heterocycles. The molecule has 1 aromatic heterocycles. The fraction of sp³-hybridized carbons (Fsp3) is 0.389. The van der Waals surface area contributed by atoms with Crippen molar-refractivity contribution in [2.24, 2.45) is 0 Å². The van der Waals surface area contributed by atoms with Crippen LogP contribution in [-0.2, 0) is 6.54 Å². The second-order valence-electron chi connectivity index (χ2n) is 6.31. The van der Waals surface area contributed by atoms with Gasteiger partial charge in [0.15, 0.2) is 0 Å². The van der Waals surface area contributed by atoms with Gasteiger partial charge < -0.3 is 15.5 Å². The minimum absolute atomic E-state index is 0.0166. The molecule has 1 aliphatic heterocycles. The number of urea groups is 1. The Kier molecular flexibility index (Phi) is 5.90. The lowest BCUT2D eigenvalue weighted by atomic mass is 10.1. The Hall–Kier alpha value is -2.38. The number of halogens is 1. The zero-order valence-electron chi connectivity index (χ0n) is 15.0. The summed E-state index contributed by atoms with van der Waals surface area (Å²) in [5, 5.41) is 6.55. The highest BCUT2D eigenvalue weighted by Crippen LogP contribution is 2.22. The lowest BCUT2D eigenvalue weighted by Crippen LogP contribution is -2.50. The second-order valence-corrected chi connectivity index (χ2v) is 6.75.